The van der Waals surface area contributed by atoms with Crippen LogP contribution >= 0.6 is 12.4 Å². The van der Waals surface area contributed by atoms with Gasteiger partial charge < -0.3 is 10.2 Å². The average Bonchev–Trinajstić information content (AvgIpc) is 3.27. The quantitative estimate of drug-likeness (QED) is 0.804. The Hall–Kier alpha value is -1.66. The molecular weight excluding hydrogens is 369 g/mol. The molecule has 2 atom stereocenters. The summed E-state index contributed by atoms with van der Waals surface area (Å²) < 4.78 is 13.1. The molecule has 27 heavy (non-hydrogen) atoms. The van der Waals surface area contributed by atoms with Gasteiger partial charge in [-0.05, 0) is 55.4 Å². The molecule has 0 radical (unpaired) electrons. The van der Waals surface area contributed by atoms with Crippen LogP contribution in [0.5, 0.6) is 0 Å². The first-order chi connectivity index (χ1) is 12.6. The summed E-state index contributed by atoms with van der Waals surface area (Å²) in [7, 11) is 0. The second-order valence-corrected chi connectivity index (χ2v) is 7.83. The summed E-state index contributed by atoms with van der Waals surface area (Å²) in [6.07, 6.45) is 4.14. The molecule has 0 aromatic heterocycles. The van der Waals surface area contributed by atoms with Crippen LogP contribution in [0.4, 0.5) is 4.39 Å². The first-order valence-corrected chi connectivity index (χ1v) is 9.67. The van der Waals surface area contributed by atoms with E-state index in [0.717, 1.165) is 39.1 Å². The molecule has 4 rings (SSSR count). The Morgan fingerprint density at radius 3 is 2.52 bits per heavy atom. The van der Waals surface area contributed by atoms with E-state index in [1.54, 1.807) is 0 Å². The lowest BCUT2D eigenvalue weighted by Crippen LogP contribution is -2.41. The van der Waals surface area contributed by atoms with Crippen molar-refractivity contribution in [1.29, 1.82) is 0 Å². The predicted octanol–water partition coefficient (Wildman–Crippen LogP) is 2.31. The zero-order chi connectivity index (χ0) is 18.1. The molecule has 148 valence electrons. The normalized spacial score (nSPS) is 25.5. The largest absolute Gasteiger partial charge is 0.348 e. The van der Waals surface area contributed by atoms with Crippen molar-refractivity contribution in [2.24, 2.45) is 11.8 Å². The average molecular weight is 396 g/mol. The summed E-state index contributed by atoms with van der Waals surface area (Å²) in [5.41, 5.74) is 0.502. The van der Waals surface area contributed by atoms with Crippen molar-refractivity contribution in [3.63, 3.8) is 0 Å². The first-order valence-electron chi connectivity index (χ1n) is 9.67. The van der Waals surface area contributed by atoms with Gasteiger partial charge >= 0.3 is 0 Å². The van der Waals surface area contributed by atoms with Crippen molar-refractivity contribution < 1.29 is 14.0 Å². The molecule has 0 spiro atoms. The highest BCUT2D eigenvalue weighted by molar-refractivity contribution is 5.94. The third-order valence-electron chi connectivity index (χ3n) is 5.95. The molecule has 2 amide bonds. The smallest absolute Gasteiger partial charge is 0.251 e. The Morgan fingerprint density at radius 1 is 1.15 bits per heavy atom. The van der Waals surface area contributed by atoms with Gasteiger partial charge in [-0.1, -0.05) is 0 Å². The molecule has 0 unspecified atom stereocenters. The van der Waals surface area contributed by atoms with Gasteiger partial charge in [0.15, 0.2) is 0 Å². The Labute approximate surface area is 165 Å². The fraction of sp³-hybridized carbons (Fsp3) is 0.600. The summed E-state index contributed by atoms with van der Waals surface area (Å²) in [5.74, 6) is 0.989. The summed E-state index contributed by atoms with van der Waals surface area (Å²) in [6.45, 7) is 4.35. The van der Waals surface area contributed by atoms with Crippen molar-refractivity contribution in [3.05, 3.63) is 35.6 Å². The lowest BCUT2D eigenvalue weighted by atomic mass is 9.98. The molecule has 2 saturated heterocycles. The number of nitrogens with zero attached hydrogens (tertiary/aromatic N) is 2. The monoisotopic (exact) mass is 395 g/mol. The minimum absolute atomic E-state index is 0. The van der Waals surface area contributed by atoms with Crippen LogP contribution in [0.1, 0.15) is 36.0 Å². The number of nitrogens with one attached hydrogen (secondary N) is 1. The number of amides is 2. The molecule has 0 bridgehead atoms. The molecule has 3 aliphatic rings. The number of likely N-dealkylation sites (tertiary alicyclic amines) is 2. The van der Waals surface area contributed by atoms with Crippen LogP contribution in [0.3, 0.4) is 0 Å². The van der Waals surface area contributed by atoms with Gasteiger partial charge in [-0.2, -0.15) is 0 Å². The lowest BCUT2D eigenvalue weighted by Gasteiger charge is -2.21. The predicted molar refractivity (Wildman–Crippen MR) is 103 cm³/mol. The van der Waals surface area contributed by atoms with E-state index in [0.29, 0.717) is 23.8 Å². The summed E-state index contributed by atoms with van der Waals surface area (Å²) in [6, 6.07) is 5.84. The number of carbonyl (C=O) groups excluding carboxylic acids is 2. The van der Waals surface area contributed by atoms with Gasteiger partial charge in [0, 0.05) is 50.7 Å². The van der Waals surface area contributed by atoms with E-state index in [1.165, 1.54) is 37.1 Å². The van der Waals surface area contributed by atoms with Crippen LogP contribution < -0.4 is 5.32 Å². The number of hydrogen-bond donors (Lipinski definition) is 1. The van der Waals surface area contributed by atoms with Crippen LogP contribution in [0.15, 0.2) is 24.3 Å². The van der Waals surface area contributed by atoms with Gasteiger partial charge in [0.05, 0.1) is 0 Å². The number of halogens is 2. The van der Waals surface area contributed by atoms with E-state index in [2.05, 4.69) is 10.2 Å². The molecule has 1 aliphatic carbocycles. The van der Waals surface area contributed by atoms with E-state index < -0.39 is 0 Å². The fourth-order valence-corrected chi connectivity index (χ4v) is 4.31. The maximum Gasteiger partial charge on any atom is 0.251 e. The van der Waals surface area contributed by atoms with Gasteiger partial charge in [-0.15, -0.1) is 12.4 Å². The molecule has 1 aromatic carbocycles. The Balaban J connectivity index is 0.00000210. The van der Waals surface area contributed by atoms with Crippen molar-refractivity contribution in [1.82, 2.24) is 15.1 Å². The van der Waals surface area contributed by atoms with Crippen molar-refractivity contribution in [2.45, 2.75) is 31.7 Å². The molecule has 1 aromatic rings. The molecule has 2 heterocycles. The summed E-state index contributed by atoms with van der Waals surface area (Å²) in [4.78, 5) is 28.6. The minimum Gasteiger partial charge on any atom is -0.348 e. The topological polar surface area (TPSA) is 52.7 Å². The van der Waals surface area contributed by atoms with Gasteiger partial charge in [-0.3, -0.25) is 14.5 Å². The number of benzene rings is 1. The van der Waals surface area contributed by atoms with E-state index in [4.69, 9.17) is 0 Å². The molecule has 1 N–H and O–H groups in total. The fourth-order valence-electron chi connectivity index (χ4n) is 4.31. The summed E-state index contributed by atoms with van der Waals surface area (Å²) >= 11 is 0. The minimum atomic E-state index is -0.332. The SMILES string of the molecule is Cl.O=C(N[C@H]1CN(CCN2CCCC2=O)C[C@@H]1C1CC1)c1ccc(F)cc1. The zero-order valence-corrected chi connectivity index (χ0v) is 16.2. The Kier molecular flexibility index (Phi) is 6.37. The van der Waals surface area contributed by atoms with Crippen molar-refractivity contribution in [2.75, 3.05) is 32.7 Å². The van der Waals surface area contributed by atoms with E-state index >= 15 is 0 Å². The van der Waals surface area contributed by atoms with Gasteiger partial charge in [0.2, 0.25) is 5.91 Å². The number of rotatable bonds is 6. The Morgan fingerprint density at radius 2 is 1.89 bits per heavy atom. The standard InChI is InChI=1S/C20H26FN3O2.ClH/c21-16-7-5-15(6-8-16)20(26)22-18-13-23(12-17(18)14-3-4-14)10-11-24-9-1-2-19(24)25;/h5-8,14,17-18H,1-4,9-13H2,(H,22,26);1H/t17-,18+;/m1./s1. The number of carbonyl (C=O) groups is 2. The zero-order valence-electron chi connectivity index (χ0n) is 15.4. The molecular formula is C20H27ClFN3O2. The van der Waals surface area contributed by atoms with Gasteiger partial charge in [0.25, 0.3) is 5.91 Å². The van der Waals surface area contributed by atoms with Gasteiger partial charge in [-0.25, -0.2) is 4.39 Å². The molecule has 5 nitrogen and oxygen atoms in total. The lowest BCUT2D eigenvalue weighted by molar-refractivity contribution is -0.127. The maximum atomic E-state index is 13.1. The van der Waals surface area contributed by atoms with Crippen molar-refractivity contribution >= 4 is 24.2 Å². The van der Waals surface area contributed by atoms with Gasteiger partial charge in [0.1, 0.15) is 5.82 Å². The highest BCUT2D eigenvalue weighted by Crippen LogP contribution is 2.41. The van der Waals surface area contributed by atoms with E-state index in [1.807, 2.05) is 4.90 Å². The van der Waals surface area contributed by atoms with Crippen LogP contribution in [-0.4, -0.2) is 60.4 Å². The highest BCUT2D eigenvalue weighted by Gasteiger charge is 2.43. The van der Waals surface area contributed by atoms with Crippen LogP contribution in [0.2, 0.25) is 0 Å². The summed E-state index contributed by atoms with van der Waals surface area (Å²) in [5, 5.41) is 3.17. The molecule has 2 aliphatic heterocycles. The van der Waals surface area contributed by atoms with Crippen LogP contribution in [-0.2, 0) is 4.79 Å². The second kappa shape index (κ2) is 8.57. The van der Waals surface area contributed by atoms with Crippen LogP contribution in [0, 0.1) is 17.7 Å². The molecule has 7 heteroatoms. The van der Waals surface area contributed by atoms with E-state index in [9.17, 15) is 14.0 Å². The van der Waals surface area contributed by atoms with E-state index in [-0.39, 0.29) is 36.1 Å². The first kappa shape index (κ1) is 20.1. The number of hydrogen-bond acceptors (Lipinski definition) is 3. The third-order valence-corrected chi connectivity index (χ3v) is 5.95. The molecule has 1 saturated carbocycles. The third kappa shape index (κ3) is 4.79. The van der Waals surface area contributed by atoms with Crippen LogP contribution in [0.25, 0.3) is 0 Å². The van der Waals surface area contributed by atoms with Crippen molar-refractivity contribution in [3.8, 4) is 0 Å². The second-order valence-electron chi connectivity index (χ2n) is 7.83. The molecule has 3 fully saturated rings. The highest BCUT2D eigenvalue weighted by atomic mass is 35.5. The Bertz CT molecular complexity index is 680. The maximum absolute atomic E-state index is 13.1.